The van der Waals surface area contributed by atoms with Crippen LogP contribution in [0, 0.1) is 17.0 Å². The third-order valence-electron chi connectivity index (χ3n) is 3.65. The average molecular weight is 263 g/mol. The highest BCUT2D eigenvalue weighted by atomic mass is 16.6. The van der Waals surface area contributed by atoms with Crippen molar-refractivity contribution in [3.05, 3.63) is 39.4 Å². The van der Waals surface area contributed by atoms with Crippen molar-refractivity contribution < 1.29 is 9.72 Å². The molecule has 1 aliphatic heterocycles. The predicted octanol–water partition coefficient (Wildman–Crippen LogP) is 1.46. The first-order valence-electron chi connectivity index (χ1n) is 6.23. The van der Waals surface area contributed by atoms with E-state index in [1.807, 2.05) is 6.92 Å². The number of benzene rings is 1. The summed E-state index contributed by atoms with van der Waals surface area (Å²) in [6.07, 6.45) is 0.729. The summed E-state index contributed by atoms with van der Waals surface area (Å²) >= 11 is 0. The van der Waals surface area contributed by atoms with Gasteiger partial charge in [0.05, 0.1) is 4.92 Å². The molecule has 6 nitrogen and oxygen atoms in total. The zero-order valence-electron chi connectivity index (χ0n) is 11.0. The molecule has 102 valence electrons. The molecule has 2 atom stereocenters. The lowest BCUT2D eigenvalue weighted by Crippen LogP contribution is -2.40. The summed E-state index contributed by atoms with van der Waals surface area (Å²) in [4.78, 5) is 24.6. The summed E-state index contributed by atoms with van der Waals surface area (Å²) in [7, 11) is 0. The van der Waals surface area contributed by atoms with Gasteiger partial charge in [0, 0.05) is 24.7 Å². The van der Waals surface area contributed by atoms with E-state index in [2.05, 4.69) is 0 Å². The van der Waals surface area contributed by atoms with Gasteiger partial charge >= 0.3 is 0 Å². The minimum absolute atomic E-state index is 0.0622. The summed E-state index contributed by atoms with van der Waals surface area (Å²) in [5.41, 5.74) is 6.70. The number of likely N-dealkylation sites (tertiary alicyclic amines) is 1. The van der Waals surface area contributed by atoms with Crippen LogP contribution in [0.15, 0.2) is 18.2 Å². The van der Waals surface area contributed by atoms with E-state index in [0.29, 0.717) is 6.54 Å². The molecule has 0 aromatic heterocycles. The molecule has 19 heavy (non-hydrogen) atoms. The number of nitrogens with two attached hydrogens (primary N) is 1. The molecule has 0 saturated carbocycles. The average Bonchev–Trinajstić information content (AvgIpc) is 2.68. The Morgan fingerprint density at radius 2 is 2.21 bits per heavy atom. The number of aryl methyl sites for hydroxylation is 1. The molecule has 0 bridgehead atoms. The maximum atomic E-state index is 12.4. The zero-order valence-corrected chi connectivity index (χ0v) is 11.0. The molecule has 0 spiro atoms. The van der Waals surface area contributed by atoms with Gasteiger partial charge in [-0.2, -0.15) is 0 Å². The second kappa shape index (κ2) is 4.97. The molecule has 1 aromatic carbocycles. The minimum Gasteiger partial charge on any atom is -0.334 e. The van der Waals surface area contributed by atoms with Gasteiger partial charge in [0.1, 0.15) is 5.56 Å². The number of hydrogen-bond donors (Lipinski definition) is 1. The van der Waals surface area contributed by atoms with Crippen LogP contribution < -0.4 is 5.73 Å². The van der Waals surface area contributed by atoms with Gasteiger partial charge in [-0.3, -0.25) is 14.9 Å². The smallest absolute Gasteiger partial charge is 0.282 e. The van der Waals surface area contributed by atoms with Crippen LogP contribution in [0.2, 0.25) is 0 Å². The third kappa shape index (κ3) is 2.44. The number of nitro benzene ring substituents is 1. The van der Waals surface area contributed by atoms with Crippen molar-refractivity contribution in [1.29, 1.82) is 0 Å². The number of nitrogens with zero attached hydrogens (tertiary/aromatic N) is 2. The summed E-state index contributed by atoms with van der Waals surface area (Å²) in [6, 6.07) is 4.43. The molecule has 2 unspecified atom stereocenters. The maximum Gasteiger partial charge on any atom is 0.282 e. The quantitative estimate of drug-likeness (QED) is 0.646. The van der Waals surface area contributed by atoms with Crippen molar-refractivity contribution in [1.82, 2.24) is 4.90 Å². The minimum atomic E-state index is -0.520. The van der Waals surface area contributed by atoms with E-state index >= 15 is 0 Å². The molecule has 1 saturated heterocycles. The highest BCUT2D eigenvalue weighted by molar-refractivity contribution is 5.98. The monoisotopic (exact) mass is 263 g/mol. The normalized spacial score (nSPS) is 22.6. The summed E-state index contributed by atoms with van der Waals surface area (Å²) in [6.45, 7) is 4.23. The molecule has 1 aliphatic rings. The predicted molar refractivity (Wildman–Crippen MR) is 70.9 cm³/mol. The fraction of sp³-hybridized carbons (Fsp3) is 0.462. The van der Waals surface area contributed by atoms with Gasteiger partial charge in [-0.1, -0.05) is 6.07 Å². The molecular weight excluding hydrogens is 246 g/mol. The van der Waals surface area contributed by atoms with Crippen LogP contribution in [0.5, 0.6) is 0 Å². The molecule has 6 heteroatoms. The van der Waals surface area contributed by atoms with Gasteiger partial charge in [0.2, 0.25) is 0 Å². The van der Waals surface area contributed by atoms with E-state index in [9.17, 15) is 14.9 Å². The molecule has 1 aromatic rings. The summed E-state index contributed by atoms with van der Waals surface area (Å²) < 4.78 is 0. The Morgan fingerprint density at radius 1 is 1.53 bits per heavy atom. The maximum absolute atomic E-state index is 12.4. The standard InChI is InChI=1S/C13H17N3O3/c1-8-3-4-12(16(18)19)10(7-8)13(17)15-6-5-11(14)9(15)2/h3-4,7,9,11H,5-6,14H2,1-2H3. The Labute approximate surface area is 111 Å². The first-order valence-corrected chi connectivity index (χ1v) is 6.23. The Balaban J connectivity index is 2.38. The van der Waals surface area contributed by atoms with Gasteiger partial charge in [0.25, 0.3) is 11.6 Å². The Hall–Kier alpha value is -1.95. The summed E-state index contributed by atoms with van der Waals surface area (Å²) in [5.74, 6) is -0.309. The number of nitro groups is 1. The van der Waals surface area contributed by atoms with Crippen LogP contribution in [-0.2, 0) is 0 Å². The lowest BCUT2D eigenvalue weighted by atomic mass is 10.1. The van der Waals surface area contributed by atoms with Gasteiger partial charge in [0.15, 0.2) is 0 Å². The van der Waals surface area contributed by atoms with Crippen molar-refractivity contribution in [3.8, 4) is 0 Å². The first-order chi connectivity index (χ1) is 8.91. The molecule has 2 rings (SSSR count). The lowest BCUT2D eigenvalue weighted by molar-refractivity contribution is -0.385. The SMILES string of the molecule is Cc1ccc([N+](=O)[O-])c(C(=O)N2CCC(N)C2C)c1. The largest absolute Gasteiger partial charge is 0.334 e. The number of hydrogen-bond acceptors (Lipinski definition) is 4. The Morgan fingerprint density at radius 3 is 2.74 bits per heavy atom. The van der Waals surface area contributed by atoms with E-state index in [-0.39, 0.29) is 29.2 Å². The third-order valence-corrected chi connectivity index (χ3v) is 3.65. The van der Waals surface area contributed by atoms with Crippen LogP contribution in [0.25, 0.3) is 0 Å². The molecular formula is C13H17N3O3. The summed E-state index contributed by atoms with van der Waals surface area (Å²) in [5, 5.41) is 11.0. The molecule has 2 N–H and O–H groups in total. The molecule has 1 heterocycles. The van der Waals surface area contributed by atoms with E-state index in [1.165, 1.54) is 6.07 Å². The first kappa shape index (κ1) is 13.5. The van der Waals surface area contributed by atoms with Gasteiger partial charge in [-0.15, -0.1) is 0 Å². The van der Waals surface area contributed by atoms with Crippen molar-refractivity contribution in [2.75, 3.05) is 6.54 Å². The number of rotatable bonds is 2. The fourth-order valence-corrected chi connectivity index (χ4v) is 2.39. The van der Waals surface area contributed by atoms with Crippen molar-refractivity contribution in [3.63, 3.8) is 0 Å². The van der Waals surface area contributed by atoms with Crippen LogP contribution in [0.3, 0.4) is 0 Å². The Bertz CT molecular complexity index is 530. The lowest BCUT2D eigenvalue weighted by Gasteiger charge is -2.23. The molecule has 1 fully saturated rings. The highest BCUT2D eigenvalue weighted by Crippen LogP contribution is 2.25. The van der Waals surface area contributed by atoms with Gasteiger partial charge in [-0.25, -0.2) is 0 Å². The number of carbonyl (C=O) groups is 1. The van der Waals surface area contributed by atoms with Gasteiger partial charge in [-0.05, 0) is 31.9 Å². The van der Waals surface area contributed by atoms with Crippen molar-refractivity contribution >= 4 is 11.6 Å². The second-order valence-electron chi connectivity index (χ2n) is 4.97. The van der Waals surface area contributed by atoms with Gasteiger partial charge < -0.3 is 10.6 Å². The molecule has 1 amide bonds. The van der Waals surface area contributed by atoms with Crippen LogP contribution >= 0.6 is 0 Å². The van der Waals surface area contributed by atoms with Crippen LogP contribution in [0.1, 0.15) is 29.3 Å². The van der Waals surface area contributed by atoms with E-state index < -0.39 is 4.92 Å². The van der Waals surface area contributed by atoms with E-state index in [1.54, 1.807) is 24.0 Å². The highest BCUT2D eigenvalue weighted by Gasteiger charge is 2.34. The number of amides is 1. The Kier molecular flexibility index (Phi) is 3.53. The second-order valence-corrected chi connectivity index (χ2v) is 4.97. The fourth-order valence-electron chi connectivity index (χ4n) is 2.39. The topological polar surface area (TPSA) is 89.5 Å². The van der Waals surface area contributed by atoms with Crippen molar-refractivity contribution in [2.45, 2.75) is 32.4 Å². The number of carbonyl (C=O) groups excluding carboxylic acids is 1. The van der Waals surface area contributed by atoms with Crippen LogP contribution in [-0.4, -0.2) is 34.4 Å². The van der Waals surface area contributed by atoms with Crippen molar-refractivity contribution in [2.24, 2.45) is 5.73 Å². The van der Waals surface area contributed by atoms with Crippen LogP contribution in [0.4, 0.5) is 5.69 Å². The van der Waals surface area contributed by atoms with E-state index in [4.69, 9.17) is 5.73 Å². The molecule has 0 aliphatic carbocycles. The molecule has 0 radical (unpaired) electrons. The zero-order chi connectivity index (χ0) is 14.2. The van der Waals surface area contributed by atoms with E-state index in [0.717, 1.165) is 12.0 Å².